The number of halogens is 1. The number of aryl methyl sites for hydroxylation is 2. The van der Waals surface area contributed by atoms with Gasteiger partial charge in [-0.1, -0.05) is 13.0 Å². The highest BCUT2D eigenvalue weighted by molar-refractivity contribution is 7.18. The molecule has 1 amide bonds. The van der Waals surface area contributed by atoms with E-state index in [4.69, 9.17) is 0 Å². The van der Waals surface area contributed by atoms with Crippen molar-refractivity contribution in [2.24, 2.45) is 5.92 Å². The first-order valence-corrected chi connectivity index (χ1v) is 10.4. The van der Waals surface area contributed by atoms with Crippen LogP contribution in [0.4, 0.5) is 15.9 Å². The third-order valence-corrected chi connectivity index (χ3v) is 6.43. The fraction of sp³-hybridized carbons (Fsp3) is 0.381. The molecule has 1 aliphatic rings. The third-order valence-electron chi connectivity index (χ3n) is 5.24. The lowest BCUT2D eigenvalue weighted by Gasteiger charge is -2.33. The summed E-state index contributed by atoms with van der Waals surface area (Å²) in [6.07, 6.45) is 4.30. The van der Waals surface area contributed by atoms with Crippen molar-refractivity contribution in [3.05, 3.63) is 46.9 Å². The second-order valence-corrected chi connectivity index (χ2v) is 8.34. The summed E-state index contributed by atoms with van der Waals surface area (Å²) in [5.41, 5.74) is 1.07. The van der Waals surface area contributed by atoms with Crippen molar-refractivity contribution >= 4 is 39.0 Å². The van der Waals surface area contributed by atoms with Gasteiger partial charge >= 0.3 is 0 Å². The predicted octanol–water partition coefficient (Wildman–Crippen LogP) is 4.56. The number of piperidine rings is 1. The van der Waals surface area contributed by atoms with Gasteiger partial charge in [-0.2, -0.15) is 0 Å². The number of anilines is 2. The smallest absolute Gasteiger partial charge is 0.229 e. The van der Waals surface area contributed by atoms with Crippen molar-refractivity contribution in [2.45, 2.75) is 33.1 Å². The lowest BCUT2D eigenvalue weighted by atomic mass is 9.96. The summed E-state index contributed by atoms with van der Waals surface area (Å²) in [6.45, 7) is 5.31. The van der Waals surface area contributed by atoms with Gasteiger partial charge in [0.15, 0.2) is 0 Å². The maximum atomic E-state index is 13.8. The van der Waals surface area contributed by atoms with E-state index in [1.54, 1.807) is 36.7 Å². The number of benzene rings is 1. The minimum Gasteiger partial charge on any atom is -0.355 e. The van der Waals surface area contributed by atoms with Gasteiger partial charge in [0.05, 0.1) is 11.3 Å². The van der Waals surface area contributed by atoms with Crippen LogP contribution in [-0.2, 0) is 11.2 Å². The fourth-order valence-corrected chi connectivity index (χ4v) is 4.55. The third kappa shape index (κ3) is 3.71. The highest BCUT2D eigenvalue weighted by Gasteiger charge is 2.28. The van der Waals surface area contributed by atoms with E-state index in [0.717, 1.165) is 41.8 Å². The van der Waals surface area contributed by atoms with Gasteiger partial charge < -0.3 is 10.2 Å². The number of hydrogen-bond acceptors (Lipinski definition) is 5. The Kier molecular flexibility index (Phi) is 5.26. The molecule has 3 heterocycles. The van der Waals surface area contributed by atoms with E-state index in [2.05, 4.69) is 33.2 Å². The van der Waals surface area contributed by atoms with Crippen LogP contribution in [0.3, 0.4) is 0 Å². The van der Waals surface area contributed by atoms with E-state index in [-0.39, 0.29) is 17.6 Å². The van der Waals surface area contributed by atoms with Crippen molar-refractivity contribution in [3.8, 4) is 0 Å². The summed E-state index contributed by atoms with van der Waals surface area (Å²) in [5.74, 6) is 0.362. The van der Waals surface area contributed by atoms with Crippen LogP contribution in [0.25, 0.3) is 10.2 Å². The molecule has 1 unspecified atom stereocenters. The molecule has 1 fully saturated rings. The number of hydrogen-bond donors (Lipinski definition) is 1. The van der Waals surface area contributed by atoms with E-state index < -0.39 is 0 Å². The number of nitrogens with one attached hydrogen (secondary N) is 1. The zero-order valence-corrected chi connectivity index (χ0v) is 16.9. The van der Waals surface area contributed by atoms with Crippen molar-refractivity contribution in [1.82, 2.24) is 9.97 Å². The molecule has 0 saturated carbocycles. The quantitative estimate of drug-likeness (QED) is 0.700. The summed E-state index contributed by atoms with van der Waals surface area (Å²) in [7, 11) is 0. The number of nitrogens with zero attached hydrogens (tertiary/aromatic N) is 3. The van der Waals surface area contributed by atoms with Crippen LogP contribution >= 0.6 is 11.3 Å². The molecule has 0 aliphatic carbocycles. The highest BCUT2D eigenvalue weighted by Crippen LogP contribution is 2.32. The molecule has 0 radical (unpaired) electrons. The minimum absolute atomic E-state index is 0.0715. The number of carbonyl (C=O) groups is 1. The molecule has 0 bridgehead atoms. The average molecular weight is 399 g/mol. The molecule has 3 aromatic rings. The number of rotatable bonds is 4. The number of aromatic nitrogens is 2. The normalized spacial score (nSPS) is 17.1. The molecule has 4 rings (SSSR count). The van der Waals surface area contributed by atoms with Crippen LogP contribution in [0.1, 0.15) is 30.2 Å². The largest absolute Gasteiger partial charge is 0.355 e. The first-order chi connectivity index (χ1) is 13.5. The molecule has 2 aromatic heterocycles. The topological polar surface area (TPSA) is 58.1 Å². The van der Waals surface area contributed by atoms with Gasteiger partial charge in [0, 0.05) is 23.7 Å². The van der Waals surface area contributed by atoms with E-state index in [0.29, 0.717) is 17.8 Å². The zero-order chi connectivity index (χ0) is 19.7. The van der Waals surface area contributed by atoms with Crippen molar-refractivity contribution in [1.29, 1.82) is 0 Å². The molecular formula is C21H23FN4OS. The highest BCUT2D eigenvalue weighted by atomic mass is 32.1. The average Bonchev–Trinajstić information content (AvgIpc) is 3.14. The monoisotopic (exact) mass is 398 g/mol. The van der Waals surface area contributed by atoms with E-state index >= 15 is 0 Å². The molecule has 28 heavy (non-hydrogen) atoms. The first kappa shape index (κ1) is 18.8. The lowest BCUT2D eigenvalue weighted by molar-refractivity contribution is -0.120. The fourth-order valence-electron chi connectivity index (χ4n) is 3.62. The zero-order valence-electron chi connectivity index (χ0n) is 16.0. The van der Waals surface area contributed by atoms with Crippen LogP contribution in [0.15, 0.2) is 30.6 Å². The van der Waals surface area contributed by atoms with Crippen molar-refractivity contribution < 1.29 is 9.18 Å². The molecular weight excluding hydrogens is 375 g/mol. The Bertz CT molecular complexity index is 1020. The Labute approximate surface area is 167 Å². The summed E-state index contributed by atoms with van der Waals surface area (Å²) >= 11 is 1.69. The SMILES string of the molecule is CCc1cc2c(N3CCCC(C(=O)Nc4ccc(C)c(F)c4)C3)ncnc2s1. The van der Waals surface area contributed by atoms with Gasteiger partial charge in [0.1, 0.15) is 22.8 Å². The lowest BCUT2D eigenvalue weighted by Crippen LogP contribution is -2.41. The number of carbonyl (C=O) groups excluding carboxylic acids is 1. The van der Waals surface area contributed by atoms with Crippen LogP contribution in [0.2, 0.25) is 0 Å². The Morgan fingerprint density at radius 1 is 1.36 bits per heavy atom. The minimum atomic E-state index is -0.310. The molecule has 1 atom stereocenters. The van der Waals surface area contributed by atoms with Crippen LogP contribution in [-0.4, -0.2) is 29.0 Å². The first-order valence-electron chi connectivity index (χ1n) is 9.60. The molecule has 7 heteroatoms. The van der Waals surface area contributed by atoms with Gasteiger partial charge in [-0.3, -0.25) is 4.79 Å². The van der Waals surface area contributed by atoms with E-state index in [1.807, 2.05) is 0 Å². The van der Waals surface area contributed by atoms with Crippen LogP contribution in [0, 0.1) is 18.7 Å². The summed E-state index contributed by atoms with van der Waals surface area (Å²) < 4.78 is 13.8. The predicted molar refractivity (Wildman–Crippen MR) is 111 cm³/mol. The Hall–Kier alpha value is -2.54. The Morgan fingerprint density at radius 3 is 3.00 bits per heavy atom. The maximum Gasteiger partial charge on any atom is 0.229 e. The van der Waals surface area contributed by atoms with Crippen molar-refractivity contribution in [2.75, 3.05) is 23.3 Å². The summed E-state index contributed by atoms with van der Waals surface area (Å²) in [5, 5.41) is 3.93. The van der Waals surface area contributed by atoms with Gasteiger partial charge in [0.2, 0.25) is 5.91 Å². The summed E-state index contributed by atoms with van der Waals surface area (Å²) in [4.78, 5) is 26.1. The van der Waals surface area contributed by atoms with Gasteiger partial charge in [-0.15, -0.1) is 11.3 Å². The molecule has 1 saturated heterocycles. The van der Waals surface area contributed by atoms with Gasteiger partial charge in [0.25, 0.3) is 0 Å². The molecule has 1 N–H and O–H groups in total. The maximum absolute atomic E-state index is 13.8. The molecule has 5 nitrogen and oxygen atoms in total. The molecule has 146 valence electrons. The number of amides is 1. The van der Waals surface area contributed by atoms with E-state index in [9.17, 15) is 9.18 Å². The van der Waals surface area contributed by atoms with Gasteiger partial charge in [-0.05, 0) is 49.9 Å². The standard InChI is InChI=1S/C21H23FN4OS/c1-3-16-10-17-19(23-12-24-21(17)28-16)26-8-4-5-14(11-26)20(27)25-15-7-6-13(2)18(22)9-15/h6-7,9-10,12,14H,3-5,8,11H2,1-2H3,(H,25,27). The van der Waals surface area contributed by atoms with E-state index in [1.165, 1.54) is 10.9 Å². The van der Waals surface area contributed by atoms with Crippen LogP contribution < -0.4 is 10.2 Å². The number of fused-ring (bicyclic) bond motifs is 1. The second-order valence-electron chi connectivity index (χ2n) is 7.22. The Balaban J connectivity index is 1.52. The summed E-state index contributed by atoms with van der Waals surface area (Å²) in [6, 6.07) is 6.95. The van der Waals surface area contributed by atoms with Crippen LogP contribution in [0.5, 0.6) is 0 Å². The molecule has 1 aromatic carbocycles. The molecule has 1 aliphatic heterocycles. The Morgan fingerprint density at radius 2 is 2.21 bits per heavy atom. The second kappa shape index (κ2) is 7.83. The van der Waals surface area contributed by atoms with Crippen molar-refractivity contribution in [3.63, 3.8) is 0 Å². The van der Waals surface area contributed by atoms with Gasteiger partial charge in [-0.25, -0.2) is 14.4 Å². The number of thiophene rings is 1. The molecule has 0 spiro atoms.